The predicted octanol–water partition coefficient (Wildman–Crippen LogP) is 2.95. The van der Waals surface area contributed by atoms with Gasteiger partial charge >= 0.3 is 0 Å². The highest BCUT2D eigenvalue weighted by Crippen LogP contribution is 2.39. The molecule has 170 valence electrons. The zero-order valence-corrected chi connectivity index (χ0v) is 19.0. The van der Waals surface area contributed by atoms with E-state index in [1.807, 2.05) is 56.3 Å². The number of aromatic nitrogens is 3. The van der Waals surface area contributed by atoms with E-state index in [1.165, 1.54) is 6.20 Å². The van der Waals surface area contributed by atoms with Crippen molar-refractivity contribution in [2.24, 2.45) is 0 Å². The fourth-order valence-electron chi connectivity index (χ4n) is 4.18. The first-order chi connectivity index (χ1) is 15.9. The van der Waals surface area contributed by atoms with Gasteiger partial charge in [0.2, 0.25) is 0 Å². The molecule has 1 aromatic carbocycles. The maximum atomic E-state index is 13.1. The molecule has 1 atom stereocenters. The normalized spacial score (nSPS) is 17.8. The average Bonchev–Trinajstić information content (AvgIpc) is 3.32. The van der Waals surface area contributed by atoms with Gasteiger partial charge in [-0.15, -0.1) is 0 Å². The van der Waals surface area contributed by atoms with E-state index in [9.17, 15) is 14.7 Å². The van der Waals surface area contributed by atoms with Gasteiger partial charge in [-0.1, -0.05) is 18.2 Å². The van der Waals surface area contributed by atoms with Crippen molar-refractivity contribution in [1.29, 1.82) is 0 Å². The Labute approximate surface area is 192 Å². The molecule has 1 amide bonds. The second-order valence-corrected chi connectivity index (χ2v) is 8.32. The molecular formula is C25H27N5O3. The Balaban J connectivity index is 1.79. The van der Waals surface area contributed by atoms with Crippen LogP contribution in [-0.4, -0.2) is 68.5 Å². The van der Waals surface area contributed by atoms with Crippen LogP contribution < -0.4 is 0 Å². The van der Waals surface area contributed by atoms with E-state index in [2.05, 4.69) is 10.1 Å². The summed E-state index contributed by atoms with van der Waals surface area (Å²) in [5.41, 5.74) is 2.73. The molecule has 1 unspecified atom stereocenters. The van der Waals surface area contributed by atoms with E-state index in [-0.39, 0.29) is 11.3 Å². The van der Waals surface area contributed by atoms with Crippen molar-refractivity contribution in [3.63, 3.8) is 0 Å². The van der Waals surface area contributed by atoms with Gasteiger partial charge < -0.3 is 14.9 Å². The number of Topliss-reactive ketones (excluding diaryl/α,β-unsaturated/α-hetero) is 1. The van der Waals surface area contributed by atoms with Gasteiger partial charge in [-0.3, -0.25) is 14.6 Å². The Hall–Kier alpha value is -3.78. The van der Waals surface area contributed by atoms with E-state index < -0.39 is 17.7 Å². The molecule has 1 N–H and O–H groups in total. The monoisotopic (exact) mass is 445 g/mol. The number of hydrogen-bond acceptors (Lipinski definition) is 6. The van der Waals surface area contributed by atoms with Gasteiger partial charge in [0.05, 0.1) is 34.8 Å². The lowest BCUT2D eigenvalue weighted by Crippen LogP contribution is -2.32. The number of nitrogens with zero attached hydrogens (tertiary/aromatic N) is 5. The predicted molar refractivity (Wildman–Crippen MR) is 125 cm³/mol. The summed E-state index contributed by atoms with van der Waals surface area (Å²) in [5.74, 6) is -1.51. The Kier molecular flexibility index (Phi) is 6.37. The van der Waals surface area contributed by atoms with Crippen LogP contribution in [0.4, 0.5) is 0 Å². The number of carbonyl (C=O) groups excluding carboxylic acids is 2. The number of pyridine rings is 1. The topological polar surface area (TPSA) is 91.6 Å². The van der Waals surface area contributed by atoms with Crippen LogP contribution in [0.1, 0.15) is 29.3 Å². The molecule has 2 aromatic heterocycles. The summed E-state index contributed by atoms with van der Waals surface area (Å²) >= 11 is 0. The molecule has 1 saturated heterocycles. The first-order valence-corrected chi connectivity index (χ1v) is 10.8. The van der Waals surface area contributed by atoms with Crippen LogP contribution in [0.5, 0.6) is 0 Å². The van der Waals surface area contributed by atoms with Gasteiger partial charge in [0.1, 0.15) is 5.76 Å². The third-order valence-electron chi connectivity index (χ3n) is 5.83. The summed E-state index contributed by atoms with van der Waals surface area (Å²) in [6.45, 7) is 2.99. The van der Waals surface area contributed by atoms with Gasteiger partial charge in [0, 0.05) is 18.9 Å². The number of carbonyl (C=O) groups is 2. The van der Waals surface area contributed by atoms with Crippen molar-refractivity contribution >= 4 is 17.4 Å². The quantitative estimate of drug-likeness (QED) is 0.342. The SMILES string of the molecule is Cc1c(C(O)=C2C(=O)C(=O)N(CCCN(C)C)C2c2ccncc2)cnn1-c1ccccc1. The highest BCUT2D eigenvalue weighted by molar-refractivity contribution is 6.46. The Morgan fingerprint density at radius 2 is 1.79 bits per heavy atom. The number of likely N-dealkylation sites (tertiary alicyclic amines) is 1. The van der Waals surface area contributed by atoms with E-state index in [4.69, 9.17) is 0 Å². The number of aliphatic hydroxyl groups excluding tert-OH is 1. The molecule has 3 aromatic rings. The van der Waals surface area contributed by atoms with E-state index in [1.54, 1.807) is 34.1 Å². The number of para-hydroxylation sites is 1. The molecular weight excluding hydrogens is 418 g/mol. The number of aliphatic hydroxyl groups is 1. The highest BCUT2D eigenvalue weighted by Gasteiger charge is 2.46. The van der Waals surface area contributed by atoms with Crippen LogP contribution in [0.15, 0.2) is 66.6 Å². The molecule has 0 spiro atoms. The fraction of sp³-hybridized carbons (Fsp3) is 0.280. The minimum Gasteiger partial charge on any atom is -0.507 e. The summed E-state index contributed by atoms with van der Waals surface area (Å²) in [7, 11) is 3.92. The molecule has 0 saturated carbocycles. The first kappa shape index (κ1) is 22.4. The lowest BCUT2D eigenvalue weighted by Gasteiger charge is -2.25. The van der Waals surface area contributed by atoms with Gasteiger partial charge in [-0.05, 0) is 63.8 Å². The van der Waals surface area contributed by atoms with Crippen molar-refractivity contribution in [3.05, 3.63) is 83.4 Å². The lowest BCUT2D eigenvalue weighted by atomic mass is 9.96. The molecule has 33 heavy (non-hydrogen) atoms. The Morgan fingerprint density at radius 1 is 1.09 bits per heavy atom. The van der Waals surface area contributed by atoms with Crippen molar-refractivity contribution < 1.29 is 14.7 Å². The molecule has 4 rings (SSSR count). The third kappa shape index (κ3) is 4.29. The summed E-state index contributed by atoms with van der Waals surface area (Å²) in [5, 5.41) is 15.7. The molecule has 0 aliphatic carbocycles. The van der Waals surface area contributed by atoms with Gasteiger partial charge in [0.25, 0.3) is 11.7 Å². The number of amides is 1. The van der Waals surface area contributed by atoms with Crippen molar-refractivity contribution in [3.8, 4) is 5.69 Å². The Morgan fingerprint density at radius 3 is 2.45 bits per heavy atom. The standard InChI is InChI=1S/C25H27N5O3/c1-17-20(16-27-30(17)19-8-5-4-6-9-19)23(31)21-22(18-10-12-26-13-11-18)29(25(33)24(21)32)15-7-14-28(2)3/h4-6,8-13,16,22,31H,7,14-15H2,1-3H3. The number of rotatable bonds is 7. The zero-order chi connectivity index (χ0) is 23.5. The number of ketones is 1. The van der Waals surface area contributed by atoms with Gasteiger partial charge in [-0.25, -0.2) is 4.68 Å². The second kappa shape index (κ2) is 9.38. The molecule has 0 bridgehead atoms. The Bertz CT molecular complexity index is 1190. The van der Waals surface area contributed by atoms with E-state index in [0.29, 0.717) is 24.2 Å². The van der Waals surface area contributed by atoms with E-state index in [0.717, 1.165) is 17.8 Å². The summed E-state index contributed by atoms with van der Waals surface area (Å²) in [4.78, 5) is 33.8. The maximum Gasteiger partial charge on any atom is 0.295 e. The molecule has 0 radical (unpaired) electrons. The smallest absolute Gasteiger partial charge is 0.295 e. The summed E-state index contributed by atoms with van der Waals surface area (Å²) in [6.07, 6.45) is 5.47. The van der Waals surface area contributed by atoms with Crippen LogP contribution in [-0.2, 0) is 9.59 Å². The molecule has 1 aliphatic heterocycles. The minimum atomic E-state index is -0.689. The van der Waals surface area contributed by atoms with Gasteiger partial charge in [-0.2, -0.15) is 5.10 Å². The van der Waals surface area contributed by atoms with Crippen molar-refractivity contribution in [1.82, 2.24) is 24.6 Å². The van der Waals surface area contributed by atoms with Crippen LogP contribution in [0.3, 0.4) is 0 Å². The van der Waals surface area contributed by atoms with E-state index >= 15 is 0 Å². The fourth-order valence-corrected chi connectivity index (χ4v) is 4.18. The largest absolute Gasteiger partial charge is 0.507 e. The highest BCUT2D eigenvalue weighted by atomic mass is 16.3. The summed E-state index contributed by atoms with van der Waals surface area (Å²) < 4.78 is 1.70. The first-order valence-electron chi connectivity index (χ1n) is 10.8. The summed E-state index contributed by atoms with van der Waals surface area (Å²) in [6, 6.07) is 12.4. The number of hydrogen-bond donors (Lipinski definition) is 1. The maximum absolute atomic E-state index is 13.1. The van der Waals surface area contributed by atoms with Crippen LogP contribution in [0.25, 0.3) is 11.4 Å². The van der Waals surface area contributed by atoms with Gasteiger partial charge in [0.15, 0.2) is 0 Å². The van der Waals surface area contributed by atoms with Crippen LogP contribution >= 0.6 is 0 Å². The van der Waals surface area contributed by atoms with Crippen LogP contribution in [0.2, 0.25) is 0 Å². The molecule has 1 fully saturated rings. The minimum absolute atomic E-state index is 0.0757. The van der Waals surface area contributed by atoms with Crippen LogP contribution in [0, 0.1) is 6.92 Å². The average molecular weight is 446 g/mol. The third-order valence-corrected chi connectivity index (χ3v) is 5.83. The second-order valence-electron chi connectivity index (χ2n) is 8.32. The molecule has 1 aliphatic rings. The van der Waals surface area contributed by atoms with Crippen molar-refractivity contribution in [2.45, 2.75) is 19.4 Å². The zero-order valence-electron chi connectivity index (χ0n) is 19.0. The number of benzene rings is 1. The molecule has 3 heterocycles. The lowest BCUT2D eigenvalue weighted by molar-refractivity contribution is -0.139. The molecule has 8 heteroatoms. The molecule has 8 nitrogen and oxygen atoms in total. The van der Waals surface area contributed by atoms with Crippen molar-refractivity contribution in [2.75, 3.05) is 27.2 Å².